The minimum atomic E-state index is -0.0651. The van der Waals surface area contributed by atoms with Crippen LogP contribution in [0.3, 0.4) is 0 Å². The number of nitrogens with zero attached hydrogens (tertiary/aromatic N) is 1. The molecule has 0 atom stereocenters. The molecule has 0 amide bonds. The van der Waals surface area contributed by atoms with Gasteiger partial charge in [0.15, 0.2) is 6.29 Å². The highest BCUT2D eigenvalue weighted by Crippen LogP contribution is 2.21. The molecule has 1 aliphatic rings. The van der Waals surface area contributed by atoms with Gasteiger partial charge in [0.1, 0.15) is 0 Å². The molecule has 0 aromatic carbocycles. The van der Waals surface area contributed by atoms with Gasteiger partial charge in [0, 0.05) is 17.8 Å². The summed E-state index contributed by atoms with van der Waals surface area (Å²) in [7, 11) is 0. The Morgan fingerprint density at radius 2 is 2.00 bits per heavy atom. The molecule has 3 nitrogen and oxygen atoms in total. The zero-order chi connectivity index (χ0) is 9.97. The summed E-state index contributed by atoms with van der Waals surface area (Å²) >= 11 is 0. The Bertz CT molecular complexity index is 289. The van der Waals surface area contributed by atoms with Crippen molar-refractivity contribution in [1.82, 2.24) is 4.98 Å². The van der Waals surface area contributed by atoms with Gasteiger partial charge in [-0.15, -0.1) is 0 Å². The zero-order valence-corrected chi connectivity index (χ0v) is 8.56. The summed E-state index contributed by atoms with van der Waals surface area (Å²) in [6.45, 7) is 5.36. The van der Waals surface area contributed by atoms with Gasteiger partial charge < -0.3 is 9.47 Å². The van der Waals surface area contributed by atoms with Gasteiger partial charge in [0.05, 0.1) is 13.2 Å². The highest BCUT2D eigenvalue weighted by atomic mass is 16.7. The molecular formula is C11H15NO2. The van der Waals surface area contributed by atoms with Crippen molar-refractivity contribution in [2.24, 2.45) is 0 Å². The van der Waals surface area contributed by atoms with E-state index in [1.807, 2.05) is 26.1 Å². The molecular weight excluding hydrogens is 178 g/mol. The van der Waals surface area contributed by atoms with Crippen molar-refractivity contribution in [3.8, 4) is 0 Å². The highest BCUT2D eigenvalue weighted by Gasteiger charge is 2.20. The number of rotatable bonds is 1. The van der Waals surface area contributed by atoms with Crippen molar-refractivity contribution in [2.75, 3.05) is 13.2 Å². The summed E-state index contributed by atoms with van der Waals surface area (Å²) in [4.78, 5) is 4.26. The molecule has 1 aromatic rings. The second kappa shape index (κ2) is 4.07. The summed E-state index contributed by atoms with van der Waals surface area (Å²) in [5.41, 5.74) is 2.24. The van der Waals surface area contributed by atoms with Crippen LogP contribution in [-0.4, -0.2) is 24.5 Å². The fourth-order valence-electron chi connectivity index (χ4n) is 1.51. The van der Waals surface area contributed by atoms with E-state index in [0.717, 1.165) is 18.9 Å². The van der Waals surface area contributed by atoms with Crippen LogP contribution in [0.1, 0.15) is 24.1 Å². The summed E-state index contributed by atoms with van der Waals surface area (Å²) in [5.74, 6) is 0.333. The van der Waals surface area contributed by atoms with Crippen LogP contribution < -0.4 is 0 Å². The second-order valence-electron chi connectivity index (χ2n) is 3.66. The van der Waals surface area contributed by atoms with Crippen molar-refractivity contribution in [3.05, 3.63) is 29.6 Å². The van der Waals surface area contributed by atoms with E-state index in [2.05, 4.69) is 11.1 Å². The summed E-state index contributed by atoms with van der Waals surface area (Å²) in [6, 6.07) is 4.11. The monoisotopic (exact) mass is 193 g/mol. The number of pyridine rings is 1. The average molecular weight is 193 g/mol. The number of hydrogen-bond donors (Lipinski definition) is 0. The Kier molecular flexibility index (Phi) is 2.79. The molecule has 2 rings (SSSR count). The third kappa shape index (κ3) is 2.11. The number of ether oxygens (including phenoxy) is 2. The van der Waals surface area contributed by atoms with Crippen LogP contribution in [0.5, 0.6) is 0 Å². The molecule has 1 saturated heterocycles. The minimum absolute atomic E-state index is 0.0651. The van der Waals surface area contributed by atoms with Crippen LogP contribution in [0.2, 0.25) is 0 Å². The lowest BCUT2D eigenvalue weighted by atomic mass is 10.0. The van der Waals surface area contributed by atoms with Crippen LogP contribution in [-0.2, 0) is 9.47 Å². The predicted octanol–water partition coefficient (Wildman–Crippen LogP) is 1.87. The molecule has 1 fully saturated rings. The highest BCUT2D eigenvalue weighted by molar-refractivity contribution is 5.18. The Morgan fingerprint density at radius 3 is 2.57 bits per heavy atom. The van der Waals surface area contributed by atoms with E-state index in [0.29, 0.717) is 5.92 Å². The van der Waals surface area contributed by atoms with Gasteiger partial charge in [-0.3, -0.25) is 4.98 Å². The van der Waals surface area contributed by atoms with Gasteiger partial charge in [-0.1, -0.05) is 6.07 Å². The van der Waals surface area contributed by atoms with E-state index in [-0.39, 0.29) is 6.29 Å². The molecule has 3 heteroatoms. The van der Waals surface area contributed by atoms with Crippen molar-refractivity contribution < 1.29 is 9.47 Å². The third-order valence-corrected chi connectivity index (χ3v) is 2.47. The fraction of sp³-hybridized carbons (Fsp3) is 0.545. The lowest BCUT2D eigenvalue weighted by Crippen LogP contribution is -2.28. The second-order valence-corrected chi connectivity index (χ2v) is 3.66. The lowest BCUT2D eigenvalue weighted by molar-refractivity contribution is -0.176. The molecule has 0 radical (unpaired) electrons. The predicted molar refractivity (Wildman–Crippen MR) is 53.1 cm³/mol. The molecule has 76 valence electrons. The number of aryl methyl sites for hydroxylation is 1. The molecule has 0 N–H and O–H groups in total. The van der Waals surface area contributed by atoms with Crippen LogP contribution in [0.15, 0.2) is 18.3 Å². The first kappa shape index (κ1) is 9.62. The Morgan fingerprint density at radius 1 is 1.29 bits per heavy atom. The first-order valence-corrected chi connectivity index (χ1v) is 4.91. The normalized spacial score (nSPS) is 27.6. The standard InChI is InChI=1S/C11H15NO2/c1-8-3-4-10(5-12-8)11-6-13-9(2)14-7-11/h3-5,9,11H,6-7H2,1-2H3. The maximum Gasteiger partial charge on any atom is 0.154 e. The smallest absolute Gasteiger partial charge is 0.154 e. The van der Waals surface area contributed by atoms with Gasteiger partial charge in [-0.25, -0.2) is 0 Å². The average Bonchev–Trinajstić information content (AvgIpc) is 2.21. The van der Waals surface area contributed by atoms with Gasteiger partial charge in [-0.2, -0.15) is 0 Å². The summed E-state index contributed by atoms with van der Waals surface area (Å²) in [6.07, 6.45) is 1.84. The Labute approximate surface area is 84.1 Å². The summed E-state index contributed by atoms with van der Waals surface area (Å²) < 4.78 is 10.9. The van der Waals surface area contributed by atoms with Gasteiger partial charge >= 0.3 is 0 Å². The molecule has 2 heterocycles. The van der Waals surface area contributed by atoms with Gasteiger partial charge in [-0.05, 0) is 25.5 Å². The molecule has 1 aromatic heterocycles. The van der Waals surface area contributed by atoms with Crippen LogP contribution in [0, 0.1) is 6.92 Å². The van der Waals surface area contributed by atoms with E-state index >= 15 is 0 Å². The minimum Gasteiger partial charge on any atom is -0.352 e. The maximum atomic E-state index is 5.43. The molecule has 14 heavy (non-hydrogen) atoms. The SMILES string of the molecule is Cc1ccc(C2COC(C)OC2)cn1. The van der Waals surface area contributed by atoms with Gasteiger partial charge in [0.2, 0.25) is 0 Å². The van der Waals surface area contributed by atoms with Crippen LogP contribution in [0.4, 0.5) is 0 Å². The van der Waals surface area contributed by atoms with Crippen LogP contribution >= 0.6 is 0 Å². The van der Waals surface area contributed by atoms with E-state index < -0.39 is 0 Å². The van der Waals surface area contributed by atoms with Gasteiger partial charge in [0.25, 0.3) is 0 Å². The quantitative estimate of drug-likeness (QED) is 0.682. The first-order valence-electron chi connectivity index (χ1n) is 4.91. The molecule has 0 aliphatic carbocycles. The largest absolute Gasteiger partial charge is 0.352 e. The van der Waals surface area contributed by atoms with E-state index in [9.17, 15) is 0 Å². The number of aromatic nitrogens is 1. The molecule has 0 spiro atoms. The molecule has 0 bridgehead atoms. The van der Waals surface area contributed by atoms with E-state index in [1.165, 1.54) is 5.56 Å². The molecule has 1 aliphatic heterocycles. The van der Waals surface area contributed by atoms with Crippen molar-refractivity contribution in [3.63, 3.8) is 0 Å². The molecule has 0 saturated carbocycles. The summed E-state index contributed by atoms with van der Waals surface area (Å²) in [5, 5.41) is 0. The topological polar surface area (TPSA) is 31.4 Å². The van der Waals surface area contributed by atoms with E-state index in [1.54, 1.807) is 0 Å². The third-order valence-electron chi connectivity index (χ3n) is 2.47. The van der Waals surface area contributed by atoms with Crippen molar-refractivity contribution in [2.45, 2.75) is 26.1 Å². The number of hydrogen-bond acceptors (Lipinski definition) is 3. The van der Waals surface area contributed by atoms with E-state index in [4.69, 9.17) is 9.47 Å². The first-order chi connectivity index (χ1) is 6.75. The lowest BCUT2D eigenvalue weighted by Gasteiger charge is -2.27. The molecule has 0 unspecified atom stereocenters. The Balaban J connectivity index is 2.05. The van der Waals surface area contributed by atoms with Crippen molar-refractivity contribution >= 4 is 0 Å². The zero-order valence-electron chi connectivity index (χ0n) is 8.56. The maximum absolute atomic E-state index is 5.43. The van der Waals surface area contributed by atoms with Crippen LogP contribution in [0.25, 0.3) is 0 Å². The Hall–Kier alpha value is -0.930. The fourth-order valence-corrected chi connectivity index (χ4v) is 1.51. The van der Waals surface area contributed by atoms with Crippen molar-refractivity contribution in [1.29, 1.82) is 0 Å².